The van der Waals surface area contributed by atoms with E-state index < -0.39 is 0 Å². The highest BCUT2D eigenvalue weighted by atomic mass is 32.1. The van der Waals surface area contributed by atoms with Crippen molar-refractivity contribution in [3.8, 4) is 0 Å². The largest absolute Gasteiger partial charge is 0.389 e. The summed E-state index contributed by atoms with van der Waals surface area (Å²) in [5.74, 6) is 0. The van der Waals surface area contributed by atoms with Gasteiger partial charge >= 0.3 is 0 Å². The number of benzene rings is 1. The van der Waals surface area contributed by atoms with Crippen LogP contribution in [0.4, 0.5) is 5.69 Å². The van der Waals surface area contributed by atoms with Crippen molar-refractivity contribution in [2.24, 2.45) is 5.73 Å². The number of rotatable bonds is 3. The molecular formula is C13H18N2OS. The standard InChI is InChI=1S/C13H18N2OS/c1-9-8-10(13(14)17)2-3-12(9)15-11-4-6-16-7-5-11/h2-3,8,11,15H,4-7H2,1H3,(H2,14,17). The van der Waals surface area contributed by atoms with E-state index in [0.717, 1.165) is 37.3 Å². The second-order valence-corrected chi connectivity index (χ2v) is 4.86. The van der Waals surface area contributed by atoms with Gasteiger partial charge in [0, 0.05) is 30.5 Å². The number of thiocarbonyl (C=S) groups is 1. The van der Waals surface area contributed by atoms with Crippen LogP contribution >= 0.6 is 12.2 Å². The Balaban J connectivity index is 2.08. The minimum atomic E-state index is 0.450. The number of nitrogens with one attached hydrogen (secondary N) is 1. The first-order valence-corrected chi connectivity index (χ1v) is 6.32. The maximum atomic E-state index is 5.61. The number of hydrogen-bond donors (Lipinski definition) is 2. The first kappa shape index (κ1) is 12.3. The molecule has 1 aromatic carbocycles. The molecule has 0 spiro atoms. The molecule has 1 saturated heterocycles. The molecule has 0 bridgehead atoms. The van der Waals surface area contributed by atoms with Crippen LogP contribution in [0.1, 0.15) is 24.0 Å². The quantitative estimate of drug-likeness (QED) is 0.808. The zero-order valence-corrected chi connectivity index (χ0v) is 10.8. The van der Waals surface area contributed by atoms with Crippen LogP contribution in [0.5, 0.6) is 0 Å². The Morgan fingerprint density at radius 1 is 1.41 bits per heavy atom. The number of nitrogens with two attached hydrogens (primary N) is 1. The summed E-state index contributed by atoms with van der Waals surface area (Å²) < 4.78 is 5.34. The van der Waals surface area contributed by atoms with Gasteiger partial charge in [0.1, 0.15) is 4.99 Å². The zero-order valence-electron chi connectivity index (χ0n) is 10.0. The molecule has 0 aliphatic carbocycles. The summed E-state index contributed by atoms with van der Waals surface area (Å²) in [5, 5.41) is 3.55. The summed E-state index contributed by atoms with van der Waals surface area (Å²) in [6.45, 7) is 3.77. The van der Waals surface area contributed by atoms with Gasteiger partial charge in [-0.25, -0.2) is 0 Å². The fraction of sp³-hybridized carbons (Fsp3) is 0.462. The van der Waals surface area contributed by atoms with E-state index in [9.17, 15) is 0 Å². The van der Waals surface area contributed by atoms with Gasteiger partial charge in [0.05, 0.1) is 0 Å². The Morgan fingerprint density at radius 2 is 2.12 bits per heavy atom. The van der Waals surface area contributed by atoms with E-state index >= 15 is 0 Å². The average Bonchev–Trinajstić information content (AvgIpc) is 2.33. The van der Waals surface area contributed by atoms with Crippen LogP contribution in [0.25, 0.3) is 0 Å². The summed E-state index contributed by atoms with van der Waals surface area (Å²) in [4.78, 5) is 0.450. The van der Waals surface area contributed by atoms with Gasteiger partial charge in [0.15, 0.2) is 0 Å². The SMILES string of the molecule is Cc1cc(C(N)=S)ccc1NC1CCOCC1. The van der Waals surface area contributed by atoms with Crippen LogP contribution in [0, 0.1) is 6.92 Å². The normalized spacial score (nSPS) is 16.8. The topological polar surface area (TPSA) is 47.3 Å². The van der Waals surface area contributed by atoms with Gasteiger partial charge in [-0.2, -0.15) is 0 Å². The maximum absolute atomic E-state index is 5.61. The van der Waals surface area contributed by atoms with Gasteiger partial charge in [-0.1, -0.05) is 12.2 Å². The van der Waals surface area contributed by atoms with Crippen LogP contribution in [0.15, 0.2) is 18.2 Å². The molecule has 0 amide bonds. The van der Waals surface area contributed by atoms with Crippen LogP contribution < -0.4 is 11.1 Å². The van der Waals surface area contributed by atoms with Gasteiger partial charge in [0.2, 0.25) is 0 Å². The first-order chi connectivity index (χ1) is 8.16. The molecule has 17 heavy (non-hydrogen) atoms. The molecule has 1 fully saturated rings. The van der Waals surface area contributed by atoms with E-state index in [1.54, 1.807) is 0 Å². The van der Waals surface area contributed by atoms with E-state index in [0.29, 0.717) is 11.0 Å². The first-order valence-electron chi connectivity index (χ1n) is 5.91. The molecular weight excluding hydrogens is 232 g/mol. The third-order valence-corrected chi connectivity index (χ3v) is 3.33. The van der Waals surface area contributed by atoms with E-state index in [4.69, 9.17) is 22.7 Å². The van der Waals surface area contributed by atoms with Crippen LogP contribution in [0.3, 0.4) is 0 Å². The van der Waals surface area contributed by atoms with Crippen molar-refractivity contribution in [2.75, 3.05) is 18.5 Å². The lowest BCUT2D eigenvalue weighted by molar-refractivity contribution is 0.0904. The molecule has 0 saturated carbocycles. The molecule has 3 nitrogen and oxygen atoms in total. The molecule has 0 radical (unpaired) electrons. The fourth-order valence-electron chi connectivity index (χ4n) is 2.04. The highest BCUT2D eigenvalue weighted by Gasteiger charge is 2.14. The molecule has 0 unspecified atom stereocenters. The van der Waals surface area contributed by atoms with Crippen molar-refractivity contribution in [2.45, 2.75) is 25.8 Å². The van der Waals surface area contributed by atoms with Crippen molar-refractivity contribution >= 4 is 22.9 Å². The lowest BCUT2D eigenvalue weighted by atomic mass is 10.1. The highest BCUT2D eigenvalue weighted by Crippen LogP contribution is 2.20. The third-order valence-electron chi connectivity index (χ3n) is 3.09. The Morgan fingerprint density at radius 3 is 2.71 bits per heavy atom. The lowest BCUT2D eigenvalue weighted by Crippen LogP contribution is -2.28. The summed E-state index contributed by atoms with van der Waals surface area (Å²) in [6.07, 6.45) is 2.13. The molecule has 4 heteroatoms. The molecule has 3 N–H and O–H groups in total. The molecule has 0 atom stereocenters. The Bertz CT molecular complexity index is 414. The van der Waals surface area contributed by atoms with Crippen molar-refractivity contribution < 1.29 is 4.74 Å². The Kier molecular flexibility index (Phi) is 3.97. The van der Waals surface area contributed by atoms with Crippen LogP contribution in [0.2, 0.25) is 0 Å². The molecule has 1 aliphatic rings. The lowest BCUT2D eigenvalue weighted by Gasteiger charge is -2.25. The predicted molar refractivity (Wildman–Crippen MR) is 74.5 cm³/mol. The average molecular weight is 250 g/mol. The summed E-state index contributed by atoms with van der Waals surface area (Å²) in [5.41, 5.74) is 8.88. The van der Waals surface area contributed by atoms with Crippen LogP contribution in [-0.2, 0) is 4.74 Å². The van der Waals surface area contributed by atoms with Gasteiger partial charge in [-0.15, -0.1) is 0 Å². The smallest absolute Gasteiger partial charge is 0.103 e. The zero-order chi connectivity index (χ0) is 12.3. The van der Waals surface area contributed by atoms with E-state index in [1.807, 2.05) is 12.1 Å². The second kappa shape index (κ2) is 5.47. The van der Waals surface area contributed by atoms with E-state index in [2.05, 4.69) is 18.3 Å². The van der Waals surface area contributed by atoms with E-state index in [-0.39, 0.29) is 0 Å². The molecule has 1 aromatic rings. The Labute approximate surface area is 107 Å². The third kappa shape index (κ3) is 3.17. The Hall–Kier alpha value is -1.13. The van der Waals surface area contributed by atoms with Crippen molar-refractivity contribution in [3.63, 3.8) is 0 Å². The number of ether oxygens (including phenoxy) is 1. The van der Waals surface area contributed by atoms with E-state index in [1.165, 1.54) is 5.56 Å². The molecule has 1 heterocycles. The summed E-state index contributed by atoms with van der Waals surface area (Å²) >= 11 is 4.97. The number of aryl methyl sites for hydroxylation is 1. The molecule has 92 valence electrons. The summed E-state index contributed by atoms with van der Waals surface area (Å²) in [7, 11) is 0. The van der Waals surface area contributed by atoms with Crippen molar-refractivity contribution in [1.29, 1.82) is 0 Å². The maximum Gasteiger partial charge on any atom is 0.103 e. The number of hydrogen-bond acceptors (Lipinski definition) is 3. The predicted octanol–water partition coefficient (Wildman–Crippen LogP) is 2.22. The highest BCUT2D eigenvalue weighted by molar-refractivity contribution is 7.80. The second-order valence-electron chi connectivity index (χ2n) is 4.42. The molecule has 2 rings (SSSR count). The minimum absolute atomic E-state index is 0.450. The van der Waals surface area contributed by atoms with Crippen molar-refractivity contribution in [1.82, 2.24) is 0 Å². The van der Waals surface area contributed by atoms with Crippen molar-refractivity contribution in [3.05, 3.63) is 29.3 Å². The van der Waals surface area contributed by atoms with Gasteiger partial charge in [0.25, 0.3) is 0 Å². The summed E-state index contributed by atoms with van der Waals surface area (Å²) in [6, 6.07) is 6.57. The van der Waals surface area contributed by atoms with Gasteiger partial charge in [-0.3, -0.25) is 0 Å². The molecule has 1 aliphatic heterocycles. The fourth-order valence-corrected chi connectivity index (χ4v) is 2.17. The monoisotopic (exact) mass is 250 g/mol. The minimum Gasteiger partial charge on any atom is -0.389 e. The van der Waals surface area contributed by atoms with Gasteiger partial charge in [-0.05, 0) is 43.5 Å². The number of anilines is 1. The van der Waals surface area contributed by atoms with Crippen LogP contribution in [-0.4, -0.2) is 24.2 Å². The van der Waals surface area contributed by atoms with Gasteiger partial charge < -0.3 is 15.8 Å². The molecule has 0 aromatic heterocycles.